The normalized spacial score (nSPS) is 23.2. The van der Waals surface area contributed by atoms with Crippen molar-refractivity contribution in [3.8, 4) is 0 Å². The van der Waals surface area contributed by atoms with Crippen molar-refractivity contribution in [3.05, 3.63) is 22.7 Å². The molecule has 3 N–H and O–H groups in total. The Kier molecular flexibility index (Phi) is 5.46. The van der Waals surface area contributed by atoms with Crippen LogP contribution in [0.15, 0.2) is 17.0 Å². The van der Waals surface area contributed by atoms with E-state index in [4.69, 9.17) is 17.3 Å². The van der Waals surface area contributed by atoms with Crippen LogP contribution in [0.25, 0.3) is 0 Å². The fourth-order valence-corrected chi connectivity index (χ4v) is 5.65. The minimum atomic E-state index is -3.61. The van der Waals surface area contributed by atoms with E-state index in [1.54, 1.807) is 24.8 Å². The molecule has 0 aliphatic heterocycles. The van der Waals surface area contributed by atoms with Crippen molar-refractivity contribution in [2.45, 2.75) is 48.8 Å². The predicted molar refractivity (Wildman–Crippen MR) is 90.5 cm³/mol. The fraction of sp³-hybridized carbons (Fsp3) is 0.571. The van der Waals surface area contributed by atoms with Gasteiger partial charge in [0.15, 0.2) is 0 Å². The molecule has 2 atom stereocenters. The van der Waals surface area contributed by atoms with E-state index in [1.165, 1.54) is 6.07 Å². The van der Waals surface area contributed by atoms with Gasteiger partial charge in [0.05, 0.1) is 4.90 Å². The highest BCUT2D eigenvalue weighted by Crippen LogP contribution is 2.30. The fourth-order valence-electron chi connectivity index (χ4n) is 2.73. The van der Waals surface area contributed by atoms with E-state index in [0.717, 1.165) is 25.7 Å². The first-order valence-electron chi connectivity index (χ1n) is 6.96. The molecule has 1 aliphatic rings. The summed E-state index contributed by atoms with van der Waals surface area (Å²) in [5.74, 6) is 0. The molecule has 1 aromatic carbocycles. The van der Waals surface area contributed by atoms with Gasteiger partial charge in [0.2, 0.25) is 10.0 Å². The molecule has 2 unspecified atom stereocenters. The summed E-state index contributed by atoms with van der Waals surface area (Å²) in [6, 6.07) is 3.01. The van der Waals surface area contributed by atoms with Gasteiger partial charge in [-0.3, -0.25) is 0 Å². The number of nitrogens with one attached hydrogen (secondary N) is 1. The molecule has 2 rings (SSSR count). The number of hydrogen-bond donors (Lipinski definition) is 2. The van der Waals surface area contributed by atoms with Crippen LogP contribution in [0.1, 0.15) is 31.2 Å². The molecule has 7 heteroatoms. The molecule has 1 aromatic rings. The minimum absolute atomic E-state index is 0.0293. The van der Waals surface area contributed by atoms with Crippen LogP contribution in [0, 0.1) is 6.92 Å². The average molecular weight is 349 g/mol. The van der Waals surface area contributed by atoms with Crippen LogP contribution in [-0.4, -0.2) is 26.0 Å². The number of benzene rings is 1. The lowest BCUT2D eigenvalue weighted by Gasteiger charge is -2.30. The van der Waals surface area contributed by atoms with E-state index >= 15 is 0 Å². The standard InChI is InChI=1S/C14H21ClN2O2S2/c1-9-11(16)7-10(15)8-14(9)21(18,19)17-12-5-3-4-6-13(12)20-2/h7-8,12-13,17H,3-6,16H2,1-2H3. The third-order valence-electron chi connectivity index (χ3n) is 3.97. The lowest BCUT2D eigenvalue weighted by Crippen LogP contribution is -2.43. The number of rotatable bonds is 4. The third kappa shape index (κ3) is 3.86. The summed E-state index contributed by atoms with van der Waals surface area (Å²) in [6.45, 7) is 1.70. The summed E-state index contributed by atoms with van der Waals surface area (Å²) >= 11 is 7.67. The van der Waals surface area contributed by atoms with Gasteiger partial charge in [-0.25, -0.2) is 13.1 Å². The second-order valence-corrected chi connectivity index (χ2v) is 8.60. The smallest absolute Gasteiger partial charge is 0.241 e. The molecule has 4 nitrogen and oxygen atoms in total. The molecular weight excluding hydrogens is 328 g/mol. The topological polar surface area (TPSA) is 72.2 Å². The quantitative estimate of drug-likeness (QED) is 0.820. The Morgan fingerprint density at radius 2 is 2.00 bits per heavy atom. The summed E-state index contributed by atoms with van der Waals surface area (Å²) in [4.78, 5) is 0.179. The number of halogens is 1. The second kappa shape index (κ2) is 6.77. The number of hydrogen-bond acceptors (Lipinski definition) is 4. The zero-order chi connectivity index (χ0) is 15.6. The molecule has 0 bridgehead atoms. The maximum absolute atomic E-state index is 12.7. The Hall–Kier alpha value is -0.430. The molecule has 0 aromatic heterocycles. The monoisotopic (exact) mass is 348 g/mol. The zero-order valence-corrected chi connectivity index (χ0v) is 14.6. The number of sulfonamides is 1. The van der Waals surface area contributed by atoms with Crippen LogP contribution in [0.4, 0.5) is 5.69 Å². The van der Waals surface area contributed by atoms with Gasteiger partial charge in [0.25, 0.3) is 0 Å². The van der Waals surface area contributed by atoms with Gasteiger partial charge in [-0.1, -0.05) is 24.4 Å². The van der Waals surface area contributed by atoms with E-state index in [9.17, 15) is 8.42 Å². The zero-order valence-electron chi connectivity index (χ0n) is 12.2. The maximum Gasteiger partial charge on any atom is 0.241 e. The highest BCUT2D eigenvalue weighted by molar-refractivity contribution is 7.99. The molecule has 0 amide bonds. The summed E-state index contributed by atoms with van der Waals surface area (Å²) in [6.07, 6.45) is 6.17. The van der Waals surface area contributed by atoms with Gasteiger partial charge in [0.1, 0.15) is 0 Å². The summed E-state index contributed by atoms with van der Waals surface area (Å²) in [7, 11) is -3.61. The van der Waals surface area contributed by atoms with Crippen LogP contribution in [0.2, 0.25) is 5.02 Å². The third-order valence-corrected chi connectivity index (χ3v) is 6.97. The van der Waals surface area contributed by atoms with Crippen LogP contribution in [-0.2, 0) is 10.0 Å². The lowest BCUT2D eigenvalue weighted by molar-refractivity contribution is 0.423. The Bertz CT molecular complexity index is 620. The summed E-state index contributed by atoms with van der Waals surface area (Å²) < 4.78 is 28.2. The van der Waals surface area contributed by atoms with Crippen molar-refractivity contribution in [1.82, 2.24) is 4.72 Å². The molecule has 0 spiro atoms. The molecule has 1 aliphatic carbocycles. The first kappa shape index (κ1) is 16.9. The van der Waals surface area contributed by atoms with Gasteiger partial charge in [-0.2, -0.15) is 11.8 Å². The molecule has 0 heterocycles. The van der Waals surface area contributed by atoms with E-state index in [1.807, 2.05) is 6.26 Å². The van der Waals surface area contributed by atoms with Crippen molar-refractivity contribution in [2.75, 3.05) is 12.0 Å². The maximum atomic E-state index is 12.7. The molecule has 0 saturated heterocycles. The van der Waals surface area contributed by atoms with Gasteiger partial charge in [-0.15, -0.1) is 0 Å². The van der Waals surface area contributed by atoms with Gasteiger partial charge >= 0.3 is 0 Å². The Morgan fingerprint density at radius 1 is 1.33 bits per heavy atom. The SMILES string of the molecule is CSC1CCCCC1NS(=O)(=O)c1cc(Cl)cc(N)c1C. The predicted octanol–water partition coefficient (Wildman–Crippen LogP) is 3.18. The Morgan fingerprint density at radius 3 is 2.67 bits per heavy atom. The summed E-state index contributed by atoms with van der Waals surface area (Å²) in [5, 5.41) is 0.661. The molecular formula is C14H21ClN2O2S2. The molecule has 1 saturated carbocycles. The van der Waals surface area contributed by atoms with E-state index in [2.05, 4.69) is 4.72 Å². The van der Waals surface area contributed by atoms with Crippen LogP contribution >= 0.6 is 23.4 Å². The van der Waals surface area contributed by atoms with E-state index in [0.29, 0.717) is 21.5 Å². The van der Waals surface area contributed by atoms with Gasteiger partial charge < -0.3 is 5.73 Å². The van der Waals surface area contributed by atoms with Crippen LogP contribution in [0.3, 0.4) is 0 Å². The van der Waals surface area contributed by atoms with E-state index < -0.39 is 10.0 Å². The molecule has 118 valence electrons. The minimum Gasteiger partial charge on any atom is -0.398 e. The molecule has 21 heavy (non-hydrogen) atoms. The first-order chi connectivity index (χ1) is 9.85. The average Bonchev–Trinajstić information content (AvgIpc) is 2.43. The van der Waals surface area contributed by atoms with E-state index in [-0.39, 0.29) is 10.9 Å². The summed E-state index contributed by atoms with van der Waals surface area (Å²) in [5.41, 5.74) is 6.77. The Labute approximate surface area is 135 Å². The Balaban J connectivity index is 2.30. The van der Waals surface area contributed by atoms with Crippen molar-refractivity contribution in [3.63, 3.8) is 0 Å². The van der Waals surface area contributed by atoms with Crippen molar-refractivity contribution < 1.29 is 8.42 Å². The number of anilines is 1. The van der Waals surface area contributed by atoms with Crippen LogP contribution in [0.5, 0.6) is 0 Å². The first-order valence-corrected chi connectivity index (χ1v) is 10.1. The van der Waals surface area contributed by atoms with Crippen molar-refractivity contribution in [1.29, 1.82) is 0 Å². The number of nitrogens with two attached hydrogens (primary N) is 1. The highest BCUT2D eigenvalue weighted by Gasteiger charge is 2.30. The highest BCUT2D eigenvalue weighted by atomic mass is 35.5. The number of thioether (sulfide) groups is 1. The molecule has 1 fully saturated rings. The lowest BCUT2D eigenvalue weighted by atomic mass is 9.96. The van der Waals surface area contributed by atoms with Crippen molar-refractivity contribution >= 4 is 39.1 Å². The van der Waals surface area contributed by atoms with Gasteiger partial charge in [-0.05, 0) is 43.7 Å². The van der Waals surface area contributed by atoms with Gasteiger partial charge in [0, 0.05) is 22.0 Å². The largest absolute Gasteiger partial charge is 0.398 e. The molecule has 0 radical (unpaired) electrons. The van der Waals surface area contributed by atoms with Crippen LogP contribution < -0.4 is 10.5 Å². The van der Waals surface area contributed by atoms with Crippen molar-refractivity contribution in [2.24, 2.45) is 0 Å². The number of nitrogen functional groups attached to an aromatic ring is 1. The second-order valence-electron chi connectivity index (χ2n) is 5.40.